The number of rotatable bonds is 5. The van der Waals surface area contributed by atoms with E-state index in [1.54, 1.807) is 7.11 Å². The smallest absolute Gasteiger partial charge is 0.157 e. The SMILES string of the molecule is COCC(C)(C)NCc1cnc2c(c1)c(C)nn2C. The van der Waals surface area contributed by atoms with E-state index in [9.17, 15) is 0 Å². The van der Waals surface area contributed by atoms with Crippen molar-refractivity contribution >= 4 is 11.0 Å². The van der Waals surface area contributed by atoms with Gasteiger partial charge in [-0.05, 0) is 32.4 Å². The zero-order valence-electron chi connectivity index (χ0n) is 12.3. The van der Waals surface area contributed by atoms with Gasteiger partial charge in [0.1, 0.15) is 0 Å². The van der Waals surface area contributed by atoms with E-state index in [2.05, 4.69) is 35.3 Å². The zero-order chi connectivity index (χ0) is 14.0. The Bertz CT molecular complexity index is 574. The summed E-state index contributed by atoms with van der Waals surface area (Å²) in [5, 5.41) is 8.98. The second kappa shape index (κ2) is 5.27. The molecular formula is C14H22N4O. The van der Waals surface area contributed by atoms with Crippen LogP contribution in [0, 0.1) is 6.92 Å². The lowest BCUT2D eigenvalue weighted by Crippen LogP contribution is -2.42. The molecule has 0 amide bonds. The molecule has 0 atom stereocenters. The summed E-state index contributed by atoms with van der Waals surface area (Å²) < 4.78 is 7.01. The number of aromatic nitrogens is 3. The van der Waals surface area contributed by atoms with Crippen LogP contribution in [-0.2, 0) is 18.3 Å². The number of hydrogen-bond acceptors (Lipinski definition) is 4. The van der Waals surface area contributed by atoms with E-state index >= 15 is 0 Å². The van der Waals surface area contributed by atoms with E-state index < -0.39 is 0 Å². The molecule has 0 saturated heterocycles. The molecule has 0 unspecified atom stereocenters. The molecule has 2 rings (SSSR count). The molecule has 19 heavy (non-hydrogen) atoms. The summed E-state index contributed by atoms with van der Waals surface area (Å²) in [6, 6.07) is 2.15. The maximum Gasteiger partial charge on any atom is 0.157 e. The fourth-order valence-corrected chi connectivity index (χ4v) is 2.20. The van der Waals surface area contributed by atoms with Crippen LogP contribution in [0.2, 0.25) is 0 Å². The first kappa shape index (κ1) is 14.0. The van der Waals surface area contributed by atoms with Crippen molar-refractivity contribution in [2.24, 2.45) is 7.05 Å². The number of nitrogens with zero attached hydrogens (tertiary/aromatic N) is 3. The van der Waals surface area contributed by atoms with Crippen LogP contribution in [0.25, 0.3) is 11.0 Å². The highest BCUT2D eigenvalue weighted by Gasteiger charge is 2.16. The van der Waals surface area contributed by atoms with Crippen LogP contribution < -0.4 is 5.32 Å². The van der Waals surface area contributed by atoms with Crippen LogP contribution in [-0.4, -0.2) is 34.0 Å². The Kier molecular flexibility index (Phi) is 3.87. The first-order valence-electron chi connectivity index (χ1n) is 6.45. The molecular weight excluding hydrogens is 240 g/mol. The number of fused-ring (bicyclic) bond motifs is 1. The third-order valence-electron chi connectivity index (χ3n) is 3.20. The molecule has 0 fully saturated rings. The Hall–Kier alpha value is -1.46. The number of aryl methyl sites for hydroxylation is 2. The summed E-state index contributed by atoms with van der Waals surface area (Å²) >= 11 is 0. The van der Waals surface area contributed by atoms with Crippen molar-refractivity contribution in [3.8, 4) is 0 Å². The van der Waals surface area contributed by atoms with Gasteiger partial charge >= 0.3 is 0 Å². The Labute approximate surface area is 114 Å². The summed E-state index contributed by atoms with van der Waals surface area (Å²) in [6.45, 7) is 7.70. The van der Waals surface area contributed by atoms with Crippen LogP contribution >= 0.6 is 0 Å². The molecule has 0 aliphatic heterocycles. The minimum absolute atomic E-state index is 0.0479. The molecule has 104 valence electrons. The molecule has 0 saturated carbocycles. The van der Waals surface area contributed by atoms with Crippen LogP contribution in [0.4, 0.5) is 0 Å². The van der Waals surface area contributed by atoms with E-state index in [1.807, 2.05) is 24.9 Å². The second-order valence-electron chi connectivity index (χ2n) is 5.59. The third kappa shape index (κ3) is 3.11. The van der Waals surface area contributed by atoms with Gasteiger partial charge in [-0.25, -0.2) is 4.98 Å². The van der Waals surface area contributed by atoms with Crippen molar-refractivity contribution in [1.29, 1.82) is 0 Å². The van der Waals surface area contributed by atoms with E-state index in [0.717, 1.165) is 28.8 Å². The number of nitrogens with one attached hydrogen (secondary N) is 1. The highest BCUT2D eigenvalue weighted by Crippen LogP contribution is 2.17. The van der Waals surface area contributed by atoms with Gasteiger partial charge in [-0.15, -0.1) is 0 Å². The molecule has 2 aromatic rings. The molecule has 5 nitrogen and oxygen atoms in total. The van der Waals surface area contributed by atoms with E-state index in [0.29, 0.717) is 6.61 Å². The predicted molar refractivity (Wildman–Crippen MR) is 76.0 cm³/mol. The second-order valence-corrected chi connectivity index (χ2v) is 5.59. The summed E-state index contributed by atoms with van der Waals surface area (Å²) in [4.78, 5) is 4.48. The van der Waals surface area contributed by atoms with E-state index in [1.165, 1.54) is 0 Å². The van der Waals surface area contributed by atoms with Gasteiger partial charge in [0.2, 0.25) is 0 Å². The molecule has 0 aromatic carbocycles. The van der Waals surface area contributed by atoms with Gasteiger partial charge in [0.25, 0.3) is 0 Å². The monoisotopic (exact) mass is 262 g/mol. The predicted octanol–water partition coefficient (Wildman–Crippen LogP) is 1.79. The third-order valence-corrected chi connectivity index (χ3v) is 3.20. The lowest BCUT2D eigenvalue weighted by molar-refractivity contribution is 0.127. The average Bonchev–Trinajstić information content (AvgIpc) is 2.62. The molecule has 5 heteroatoms. The maximum atomic E-state index is 5.20. The van der Waals surface area contributed by atoms with Gasteiger partial charge in [0.15, 0.2) is 5.65 Å². The molecule has 0 aliphatic carbocycles. The molecule has 0 aliphatic rings. The van der Waals surface area contributed by atoms with Crippen LogP contribution in [0.15, 0.2) is 12.3 Å². The normalized spacial score (nSPS) is 12.3. The molecule has 0 radical (unpaired) electrons. The summed E-state index contributed by atoms with van der Waals surface area (Å²) in [7, 11) is 3.64. The standard InChI is InChI=1S/C14H22N4O/c1-10-12-6-11(7-15-13(12)18(4)17-10)8-16-14(2,3)9-19-5/h6-7,16H,8-9H2,1-5H3. The number of ether oxygens (including phenoxy) is 1. The van der Waals surface area contributed by atoms with Gasteiger partial charge in [-0.3, -0.25) is 4.68 Å². The molecule has 2 heterocycles. The summed E-state index contributed by atoms with van der Waals surface area (Å²) in [5.74, 6) is 0. The lowest BCUT2D eigenvalue weighted by atomic mass is 10.1. The lowest BCUT2D eigenvalue weighted by Gasteiger charge is -2.25. The first-order valence-corrected chi connectivity index (χ1v) is 6.45. The van der Waals surface area contributed by atoms with E-state index in [-0.39, 0.29) is 5.54 Å². The molecule has 2 aromatic heterocycles. The number of methoxy groups -OCH3 is 1. The van der Waals surface area contributed by atoms with Gasteiger partial charge in [0.05, 0.1) is 12.3 Å². The molecule has 1 N–H and O–H groups in total. The molecule has 0 bridgehead atoms. The van der Waals surface area contributed by atoms with Gasteiger partial charge in [-0.1, -0.05) is 0 Å². The average molecular weight is 262 g/mol. The number of pyridine rings is 1. The Morgan fingerprint density at radius 1 is 1.42 bits per heavy atom. The minimum atomic E-state index is -0.0479. The number of hydrogen-bond donors (Lipinski definition) is 1. The highest BCUT2D eigenvalue weighted by atomic mass is 16.5. The van der Waals surface area contributed by atoms with Crippen molar-refractivity contribution in [3.05, 3.63) is 23.5 Å². The quantitative estimate of drug-likeness (QED) is 0.892. The van der Waals surface area contributed by atoms with E-state index in [4.69, 9.17) is 4.74 Å². The largest absolute Gasteiger partial charge is 0.383 e. The topological polar surface area (TPSA) is 52.0 Å². The van der Waals surface area contributed by atoms with Gasteiger partial charge in [0, 0.05) is 37.8 Å². The van der Waals surface area contributed by atoms with Crippen molar-refractivity contribution in [1.82, 2.24) is 20.1 Å². The van der Waals surface area contributed by atoms with Crippen LogP contribution in [0.3, 0.4) is 0 Å². The summed E-state index contributed by atoms with van der Waals surface area (Å²) in [5.41, 5.74) is 3.06. The zero-order valence-corrected chi connectivity index (χ0v) is 12.3. The van der Waals surface area contributed by atoms with Crippen molar-refractivity contribution in [2.75, 3.05) is 13.7 Å². The first-order chi connectivity index (χ1) is 8.93. The Morgan fingerprint density at radius 3 is 2.84 bits per heavy atom. The van der Waals surface area contributed by atoms with Gasteiger partial charge in [-0.2, -0.15) is 5.10 Å². The molecule has 0 spiro atoms. The van der Waals surface area contributed by atoms with Crippen LogP contribution in [0.5, 0.6) is 0 Å². The van der Waals surface area contributed by atoms with Crippen molar-refractivity contribution in [2.45, 2.75) is 32.9 Å². The van der Waals surface area contributed by atoms with Gasteiger partial charge < -0.3 is 10.1 Å². The maximum absolute atomic E-state index is 5.20. The fourth-order valence-electron chi connectivity index (χ4n) is 2.20. The minimum Gasteiger partial charge on any atom is -0.383 e. The summed E-state index contributed by atoms with van der Waals surface area (Å²) in [6.07, 6.45) is 1.90. The highest BCUT2D eigenvalue weighted by molar-refractivity contribution is 5.78. The Balaban J connectivity index is 2.16. The van der Waals surface area contributed by atoms with Crippen LogP contribution in [0.1, 0.15) is 25.1 Å². The fraction of sp³-hybridized carbons (Fsp3) is 0.571. The van der Waals surface area contributed by atoms with Crippen molar-refractivity contribution < 1.29 is 4.74 Å². The van der Waals surface area contributed by atoms with Crippen molar-refractivity contribution in [3.63, 3.8) is 0 Å². The Morgan fingerprint density at radius 2 is 2.16 bits per heavy atom.